The van der Waals surface area contributed by atoms with Crippen LogP contribution in [0.3, 0.4) is 0 Å². The second kappa shape index (κ2) is 5.45. The summed E-state index contributed by atoms with van der Waals surface area (Å²) in [6.07, 6.45) is 3.51. The highest BCUT2D eigenvalue weighted by molar-refractivity contribution is 8.14. The van der Waals surface area contributed by atoms with E-state index >= 15 is 0 Å². The fourth-order valence-electron chi connectivity index (χ4n) is 4.02. The van der Waals surface area contributed by atoms with Crippen LogP contribution in [0.4, 0.5) is 8.78 Å². The minimum Gasteiger partial charge on any atom is -0.379 e. The van der Waals surface area contributed by atoms with Crippen molar-refractivity contribution >= 4 is 16.9 Å². The molecule has 0 spiro atoms. The first-order valence-electron chi connectivity index (χ1n) is 8.09. The predicted octanol–water partition coefficient (Wildman–Crippen LogP) is 3.43. The Balaban J connectivity index is 1.79. The first kappa shape index (κ1) is 15.4. The molecule has 23 heavy (non-hydrogen) atoms. The minimum absolute atomic E-state index is 0.138. The molecule has 2 fully saturated rings. The molecule has 2 heterocycles. The molecule has 0 radical (unpaired) electrons. The van der Waals surface area contributed by atoms with E-state index in [1.54, 1.807) is 0 Å². The summed E-state index contributed by atoms with van der Waals surface area (Å²) in [7, 11) is 0. The Labute approximate surface area is 138 Å². The van der Waals surface area contributed by atoms with Gasteiger partial charge >= 0.3 is 0 Å². The highest BCUT2D eigenvalue weighted by Gasteiger charge is 2.53. The van der Waals surface area contributed by atoms with Gasteiger partial charge < -0.3 is 10.5 Å². The summed E-state index contributed by atoms with van der Waals surface area (Å²) in [6.45, 7) is 2.43. The maximum Gasteiger partial charge on any atom is 0.155 e. The molecular weight excluding hydrogens is 318 g/mol. The second-order valence-corrected chi connectivity index (χ2v) is 8.25. The maximum absolute atomic E-state index is 14.5. The van der Waals surface area contributed by atoms with Crippen LogP contribution < -0.4 is 5.73 Å². The number of hydrogen-bond donors (Lipinski definition) is 1. The molecule has 1 aromatic carbocycles. The fourth-order valence-corrected chi connectivity index (χ4v) is 5.12. The van der Waals surface area contributed by atoms with Crippen molar-refractivity contribution in [2.24, 2.45) is 22.6 Å². The maximum atomic E-state index is 14.5. The molecule has 1 saturated carbocycles. The third-order valence-electron chi connectivity index (χ3n) is 5.35. The van der Waals surface area contributed by atoms with Gasteiger partial charge in [0.1, 0.15) is 17.2 Å². The van der Waals surface area contributed by atoms with Crippen molar-refractivity contribution in [2.45, 2.75) is 43.1 Å². The SMILES string of the molecule is CC1SC(N)=NC2(c3ccc(F)cc3F)COC(C3CC3)CC12. The number of nitrogens with two attached hydrogens (primary N) is 1. The summed E-state index contributed by atoms with van der Waals surface area (Å²) in [6, 6.07) is 3.71. The molecule has 4 unspecified atom stereocenters. The Bertz CT molecular complexity index is 664. The Morgan fingerprint density at radius 1 is 1.35 bits per heavy atom. The molecule has 0 aromatic heterocycles. The van der Waals surface area contributed by atoms with Gasteiger partial charge in [-0.15, -0.1) is 0 Å². The number of nitrogens with zero attached hydrogens (tertiary/aromatic N) is 1. The number of thioether (sulfide) groups is 1. The minimum atomic E-state index is -0.835. The fraction of sp³-hybridized carbons (Fsp3) is 0.588. The largest absolute Gasteiger partial charge is 0.379 e. The van der Waals surface area contributed by atoms with Gasteiger partial charge in [0, 0.05) is 22.8 Å². The number of hydrogen-bond acceptors (Lipinski definition) is 4. The van der Waals surface area contributed by atoms with Crippen molar-refractivity contribution in [1.82, 2.24) is 0 Å². The number of benzene rings is 1. The number of halogens is 2. The Morgan fingerprint density at radius 2 is 2.13 bits per heavy atom. The molecule has 6 heteroatoms. The zero-order valence-electron chi connectivity index (χ0n) is 13.0. The number of ether oxygens (including phenoxy) is 1. The topological polar surface area (TPSA) is 47.6 Å². The van der Waals surface area contributed by atoms with Crippen molar-refractivity contribution in [1.29, 1.82) is 0 Å². The van der Waals surface area contributed by atoms with Gasteiger partial charge in [-0.05, 0) is 31.2 Å². The summed E-state index contributed by atoms with van der Waals surface area (Å²) < 4.78 is 33.9. The molecule has 1 aromatic rings. The molecule has 4 atom stereocenters. The molecule has 4 rings (SSSR count). The molecular formula is C17H20F2N2OS. The van der Waals surface area contributed by atoms with E-state index in [1.165, 1.54) is 36.7 Å². The third kappa shape index (κ3) is 2.56. The van der Waals surface area contributed by atoms with Crippen molar-refractivity contribution in [3.8, 4) is 0 Å². The third-order valence-corrected chi connectivity index (χ3v) is 6.38. The van der Waals surface area contributed by atoms with Crippen LogP contribution in [0.2, 0.25) is 0 Å². The van der Waals surface area contributed by atoms with E-state index in [-0.39, 0.29) is 17.3 Å². The smallest absolute Gasteiger partial charge is 0.155 e. The van der Waals surface area contributed by atoms with Gasteiger partial charge in [0.05, 0.1) is 12.7 Å². The van der Waals surface area contributed by atoms with Crippen LogP contribution in [0.5, 0.6) is 0 Å². The van der Waals surface area contributed by atoms with E-state index in [1.807, 2.05) is 0 Å². The highest BCUT2D eigenvalue weighted by Crippen LogP contribution is 2.52. The van der Waals surface area contributed by atoms with E-state index < -0.39 is 17.2 Å². The lowest BCUT2D eigenvalue weighted by Gasteiger charge is -2.49. The van der Waals surface area contributed by atoms with Gasteiger partial charge in [-0.25, -0.2) is 13.8 Å². The summed E-state index contributed by atoms with van der Waals surface area (Å²) >= 11 is 1.54. The molecule has 0 bridgehead atoms. The van der Waals surface area contributed by atoms with Gasteiger partial charge in [-0.3, -0.25) is 0 Å². The Hall–Kier alpha value is -1.14. The number of rotatable bonds is 2. The first-order valence-corrected chi connectivity index (χ1v) is 8.96. The van der Waals surface area contributed by atoms with Crippen molar-refractivity contribution in [2.75, 3.05) is 6.61 Å². The monoisotopic (exact) mass is 338 g/mol. The van der Waals surface area contributed by atoms with Crippen molar-refractivity contribution < 1.29 is 13.5 Å². The molecule has 3 aliphatic rings. The summed E-state index contributed by atoms with van der Waals surface area (Å²) in [5, 5.41) is 0.674. The molecule has 2 N–H and O–H groups in total. The van der Waals surface area contributed by atoms with E-state index in [4.69, 9.17) is 10.5 Å². The number of amidine groups is 1. The first-order chi connectivity index (χ1) is 11.0. The van der Waals surface area contributed by atoms with Gasteiger partial charge in [0.15, 0.2) is 5.17 Å². The quantitative estimate of drug-likeness (QED) is 0.899. The molecule has 1 saturated heterocycles. The molecule has 0 amide bonds. The van der Waals surface area contributed by atoms with Crippen LogP contribution >= 0.6 is 11.8 Å². The lowest BCUT2D eigenvalue weighted by atomic mass is 9.72. The van der Waals surface area contributed by atoms with Gasteiger partial charge in [0.2, 0.25) is 0 Å². The average Bonchev–Trinajstić information content (AvgIpc) is 3.31. The van der Waals surface area contributed by atoms with Crippen LogP contribution in [0.25, 0.3) is 0 Å². The van der Waals surface area contributed by atoms with Crippen LogP contribution in [0.15, 0.2) is 23.2 Å². The molecule has 3 nitrogen and oxygen atoms in total. The second-order valence-electron chi connectivity index (χ2n) is 6.85. The predicted molar refractivity (Wildman–Crippen MR) is 87.3 cm³/mol. The molecule has 2 aliphatic heterocycles. The summed E-state index contributed by atoms with van der Waals surface area (Å²) in [4.78, 5) is 4.63. The highest BCUT2D eigenvalue weighted by atomic mass is 32.2. The lowest BCUT2D eigenvalue weighted by molar-refractivity contribution is -0.0716. The van der Waals surface area contributed by atoms with E-state index in [2.05, 4.69) is 11.9 Å². The average molecular weight is 338 g/mol. The number of fused-ring (bicyclic) bond motifs is 1. The van der Waals surface area contributed by atoms with E-state index in [9.17, 15) is 8.78 Å². The van der Waals surface area contributed by atoms with Crippen LogP contribution in [-0.2, 0) is 10.3 Å². The normalized spacial score (nSPS) is 37.2. The van der Waals surface area contributed by atoms with Crippen LogP contribution in [0.1, 0.15) is 31.7 Å². The summed E-state index contributed by atoms with van der Waals surface area (Å²) in [5.74, 6) is -0.383. The zero-order chi connectivity index (χ0) is 16.2. The van der Waals surface area contributed by atoms with Gasteiger partial charge in [-0.1, -0.05) is 24.8 Å². The number of aliphatic imine (C=N–C) groups is 1. The zero-order valence-corrected chi connectivity index (χ0v) is 13.8. The standard InChI is InChI=1S/C17H20F2N2OS/c1-9-13-7-15(10-2-3-10)22-8-17(13,21-16(20)23-9)12-5-4-11(18)6-14(12)19/h4-6,9-10,13,15H,2-3,7-8H2,1H3,(H2,20,21). The van der Waals surface area contributed by atoms with Crippen molar-refractivity contribution in [3.05, 3.63) is 35.4 Å². The summed E-state index contributed by atoms with van der Waals surface area (Å²) in [5.41, 5.74) is 5.56. The van der Waals surface area contributed by atoms with Crippen LogP contribution in [-0.4, -0.2) is 23.1 Å². The van der Waals surface area contributed by atoms with Crippen LogP contribution in [0, 0.1) is 23.5 Å². The van der Waals surface area contributed by atoms with E-state index in [0.717, 1.165) is 12.5 Å². The van der Waals surface area contributed by atoms with Gasteiger partial charge in [0.25, 0.3) is 0 Å². The molecule has 1 aliphatic carbocycles. The van der Waals surface area contributed by atoms with E-state index in [0.29, 0.717) is 23.3 Å². The van der Waals surface area contributed by atoms with Gasteiger partial charge in [-0.2, -0.15) is 0 Å². The van der Waals surface area contributed by atoms with Crippen molar-refractivity contribution in [3.63, 3.8) is 0 Å². The Kier molecular flexibility index (Phi) is 3.65. The lowest BCUT2D eigenvalue weighted by Crippen LogP contribution is -2.53. The molecule has 124 valence electrons. The Morgan fingerprint density at radius 3 is 2.83 bits per heavy atom.